The van der Waals surface area contributed by atoms with E-state index in [0.29, 0.717) is 0 Å². The zero-order chi connectivity index (χ0) is 15.9. The lowest BCUT2D eigenvalue weighted by Crippen LogP contribution is -2.37. The van der Waals surface area contributed by atoms with Crippen molar-refractivity contribution in [1.82, 2.24) is 15.6 Å². The molecule has 2 aromatic rings. The first-order chi connectivity index (χ1) is 10.6. The minimum atomic E-state index is 0.718. The van der Waals surface area contributed by atoms with E-state index in [9.17, 15) is 0 Å². The number of thiazole rings is 1. The number of benzene rings is 1. The normalized spacial score (nSPS) is 11.5. The highest BCUT2D eigenvalue weighted by Gasteiger charge is 2.05. The van der Waals surface area contributed by atoms with Gasteiger partial charge in [0.1, 0.15) is 0 Å². The summed E-state index contributed by atoms with van der Waals surface area (Å²) in [6, 6.07) is 7.80. The molecule has 0 unspecified atom stereocenters. The Morgan fingerprint density at radius 1 is 1.23 bits per heavy atom. The van der Waals surface area contributed by atoms with Gasteiger partial charge in [-0.2, -0.15) is 0 Å². The van der Waals surface area contributed by atoms with Crippen molar-refractivity contribution in [3.8, 4) is 0 Å². The lowest BCUT2D eigenvalue weighted by Gasteiger charge is -2.11. The summed E-state index contributed by atoms with van der Waals surface area (Å²) in [5, 5.41) is 8.50. The van der Waals surface area contributed by atoms with Gasteiger partial charge < -0.3 is 10.6 Å². The third-order valence-electron chi connectivity index (χ3n) is 3.24. The van der Waals surface area contributed by atoms with Gasteiger partial charge in [-0.15, -0.1) is 11.3 Å². The Morgan fingerprint density at radius 2 is 1.95 bits per heavy atom. The fourth-order valence-corrected chi connectivity index (χ4v) is 3.17. The summed E-state index contributed by atoms with van der Waals surface area (Å²) in [6.45, 7) is 5.66. The van der Waals surface area contributed by atoms with Crippen molar-refractivity contribution in [1.29, 1.82) is 0 Å². The summed E-state index contributed by atoms with van der Waals surface area (Å²) >= 11 is 7.64. The quantitative estimate of drug-likeness (QED) is 0.650. The molecule has 0 amide bonds. The van der Waals surface area contributed by atoms with Gasteiger partial charge in [-0.1, -0.05) is 23.7 Å². The molecule has 0 spiro atoms. The number of hydrogen-bond donors (Lipinski definition) is 2. The first kappa shape index (κ1) is 16.8. The van der Waals surface area contributed by atoms with Crippen molar-refractivity contribution in [2.45, 2.75) is 26.8 Å². The molecule has 0 aliphatic heterocycles. The van der Waals surface area contributed by atoms with Crippen molar-refractivity contribution in [3.63, 3.8) is 0 Å². The van der Waals surface area contributed by atoms with E-state index in [4.69, 9.17) is 11.6 Å². The van der Waals surface area contributed by atoms with E-state index in [2.05, 4.69) is 27.5 Å². The molecule has 1 aromatic heterocycles. The Morgan fingerprint density at radius 3 is 2.55 bits per heavy atom. The fraction of sp³-hybridized carbons (Fsp3) is 0.375. The number of nitrogens with zero attached hydrogens (tertiary/aromatic N) is 2. The second kappa shape index (κ2) is 8.15. The van der Waals surface area contributed by atoms with Gasteiger partial charge in [0.25, 0.3) is 0 Å². The van der Waals surface area contributed by atoms with Crippen molar-refractivity contribution >= 4 is 28.9 Å². The number of hydrogen-bond acceptors (Lipinski definition) is 3. The van der Waals surface area contributed by atoms with E-state index in [1.165, 1.54) is 10.4 Å². The Labute approximate surface area is 140 Å². The van der Waals surface area contributed by atoms with Gasteiger partial charge in [0, 0.05) is 36.5 Å². The zero-order valence-corrected chi connectivity index (χ0v) is 14.7. The summed E-state index contributed by atoms with van der Waals surface area (Å²) in [5.41, 5.74) is 2.30. The molecule has 1 heterocycles. The fourth-order valence-electron chi connectivity index (χ4n) is 2.11. The summed E-state index contributed by atoms with van der Waals surface area (Å²) in [6.07, 6.45) is 0.957. The lowest BCUT2D eigenvalue weighted by molar-refractivity contribution is 0.796. The van der Waals surface area contributed by atoms with Crippen LogP contribution in [0.2, 0.25) is 5.02 Å². The number of aliphatic imine (C=N–C) groups is 1. The molecule has 2 N–H and O–H groups in total. The molecule has 1 aromatic carbocycles. The number of aromatic nitrogens is 1. The van der Waals surface area contributed by atoms with E-state index in [1.807, 2.05) is 31.2 Å². The van der Waals surface area contributed by atoms with Crippen LogP contribution in [-0.4, -0.2) is 24.5 Å². The van der Waals surface area contributed by atoms with Crippen molar-refractivity contribution in [3.05, 3.63) is 50.4 Å². The molecule has 0 aliphatic carbocycles. The van der Waals surface area contributed by atoms with Gasteiger partial charge in [0.2, 0.25) is 0 Å². The zero-order valence-electron chi connectivity index (χ0n) is 13.1. The predicted molar refractivity (Wildman–Crippen MR) is 94.9 cm³/mol. The monoisotopic (exact) mass is 336 g/mol. The van der Waals surface area contributed by atoms with Crippen molar-refractivity contribution < 1.29 is 0 Å². The molecule has 0 saturated heterocycles. The Hall–Kier alpha value is -1.59. The maximum absolute atomic E-state index is 5.88. The highest BCUT2D eigenvalue weighted by Crippen LogP contribution is 2.17. The van der Waals surface area contributed by atoms with E-state index >= 15 is 0 Å². The second-order valence-corrected chi connectivity index (χ2v) is 6.69. The molecule has 0 saturated carbocycles. The van der Waals surface area contributed by atoms with E-state index in [0.717, 1.165) is 41.2 Å². The van der Waals surface area contributed by atoms with Gasteiger partial charge in [0.15, 0.2) is 5.96 Å². The van der Waals surface area contributed by atoms with Crippen LogP contribution in [0.1, 0.15) is 21.1 Å². The largest absolute Gasteiger partial charge is 0.356 e. The predicted octanol–water partition coefficient (Wildman–Crippen LogP) is 3.32. The molecule has 0 radical (unpaired) electrons. The maximum Gasteiger partial charge on any atom is 0.191 e. The average Bonchev–Trinajstić information content (AvgIpc) is 2.82. The SMILES string of the molecule is CN=C(NCCc1sc(C)nc1C)NCc1ccc(Cl)cc1. The summed E-state index contributed by atoms with van der Waals surface area (Å²) in [7, 11) is 1.78. The van der Waals surface area contributed by atoms with Gasteiger partial charge in [-0.05, 0) is 31.5 Å². The Balaban J connectivity index is 1.78. The second-order valence-electron chi connectivity index (χ2n) is 4.97. The van der Waals surface area contributed by atoms with Crippen LogP contribution in [-0.2, 0) is 13.0 Å². The molecule has 0 fully saturated rings. The van der Waals surface area contributed by atoms with Gasteiger partial charge in [-0.3, -0.25) is 4.99 Å². The highest BCUT2D eigenvalue weighted by atomic mass is 35.5. The maximum atomic E-state index is 5.88. The van der Waals surface area contributed by atoms with Crippen LogP contribution >= 0.6 is 22.9 Å². The summed E-state index contributed by atoms with van der Waals surface area (Å²) < 4.78 is 0. The van der Waals surface area contributed by atoms with Crippen LogP contribution in [0.15, 0.2) is 29.3 Å². The first-order valence-electron chi connectivity index (χ1n) is 7.20. The highest BCUT2D eigenvalue weighted by molar-refractivity contribution is 7.11. The van der Waals surface area contributed by atoms with Crippen LogP contribution < -0.4 is 10.6 Å². The topological polar surface area (TPSA) is 49.3 Å². The van der Waals surface area contributed by atoms with Crippen LogP contribution in [0.5, 0.6) is 0 Å². The Kier molecular flexibility index (Phi) is 6.21. The summed E-state index contributed by atoms with van der Waals surface area (Å²) in [5.74, 6) is 0.800. The minimum Gasteiger partial charge on any atom is -0.356 e. The number of nitrogens with one attached hydrogen (secondary N) is 2. The number of aryl methyl sites for hydroxylation is 2. The molecule has 0 bridgehead atoms. The van der Waals surface area contributed by atoms with E-state index in [1.54, 1.807) is 18.4 Å². The van der Waals surface area contributed by atoms with Gasteiger partial charge in [-0.25, -0.2) is 4.98 Å². The van der Waals surface area contributed by atoms with Crippen molar-refractivity contribution in [2.24, 2.45) is 4.99 Å². The number of rotatable bonds is 5. The lowest BCUT2D eigenvalue weighted by atomic mass is 10.2. The molecule has 6 heteroatoms. The van der Waals surface area contributed by atoms with Gasteiger partial charge >= 0.3 is 0 Å². The minimum absolute atomic E-state index is 0.718. The van der Waals surface area contributed by atoms with Crippen molar-refractivity contribution in [2.75, 3.05) is 13.6 Å². The van der Waals surface area contributed by atoms with E-state index < -0.39 is 0 Å². The first-order valence-corrected chi connectivity index (χ1v) is 8.40. The standard InChI is InChI=1S/C16H21ClN4S/c1-11-15(22-12(2)21-11)8-9-19-16(18-3)20-10-13-4-6-14(17)7-5-13/h4-7H,8-10H2,1-3H3,(H2,18,19,20). The van der Waals surface area contributed by atoms with Crippen LogP contribution in [0.25, 0.3) is 0 Å². The molecule has 4 nitrogen and oxygen atoms in total. The third kappa shape index (κ3) is 5.00. The average molecular weight is 337 g/mol. The number of halogens is 1. The molecular weight excluding hydrogens is 316 g/mol. The van der Waals surface area contributed by atoms with Crippen LogP contribution in [0.3, 0.4) is 0 Å². The van der Waals surface area contributed by atoms with Crippen LogP contribution in [0, 0.1) is 13.8 Å². The molecule has 0 aliphatic rings. The summed E-state index contributed by atoms with van der Waals surface area (Å²) in [4.78, 5) is 10.0. The molecule has 2 rings (SSSR count). The van der Waals surface area contributed by atoms with Crippen LogP contribution in [0.4, 0.5) is 0 Å². The smallest absolute Gasteiger partial charge is 0.191 e. The van der Waals surface area contributed by atoms with Gasteiger partial charge in [0.05, 0.1) is 10.7 Å². The number of guanidine groups is 1. The Bertz CT molecular complexity index is 634. The third-order valence-corrected chi connectivity index (χ3v) is 4.63. The molecule has 22 heavy (non-hydrogen) atoms. The molecule has 118 valence electrons. The molecule has 0 atom stereocenters. The molecular formula is C16H21ClN4S. The van der Waals surface area contributed by atoms with E-state index in [-0.39, 0.29) is 0 Å².